The predicted octanol–water partition coefficient (Wildman–Crippen LogP) is 3.43. The predicted molar refractivity (Wildman–Crippen MR) is 72.5 cm³/mol. The van der Waals surface area contributed by atoms with Crippen LogP contribution in [0.15, 0.2) is 21.1 Å². The lowest BCUT2D eigenvalue weighted by molar-refractivity contribution is -0.137. The molecule has 0 amide bonds. The Morgan fingerprint density at radius 2 is 2.19 bits per heavy atom. The molecule has 5 nitrogen and oxygen atoms in total. The molecule has 8 heteroatoms. The van der Waals surface area contributed by atoms with Crippen molar-refractivity contribution in [2.24, 2.45) is 5.92 Å². The number of carbonyl (C=O) groups is 1. The molecule has 2 aromatic rings. The van der Waals surface area contributed by atoms with E-state index in [0.29, 0.717) is 6.42 Å². The summed E-state index contributed by atoms with van der Waals surface area (Å²) in [5.41, 5.74) is 0.259. The van der Waals surface area contributed by atoms with Crippen LogP contribution in [0, 0.1) is 17.6 Å². The lowest BCUT2D eigenvalue weighted by Crippen LogP contribution is -2.07. The van der Waals surface area contributed by atoms with Crippen LogP contribution in [0.5, 0.6) is 0 Å². The first kappa shape index (κ1) is 15.6. The molecule has 1 aromatic heterocycles. The van der Waals surface area contributed by atoms with Gasteiger partial charge in [-0.3, -0.25) is 4.79 Å². The third-order valence-corrected chi connectivity index (χ3v) is 3.57. The third-order valence-electron chi connectivity index (χ3n) is 2.79. The minimum absolute atomic E-state index is 0.0212. The first-order chi connectivity index (χ1) is 9.88. The number of carboxylic acids is 1. The van der Waals surface area contributed by atoms with Gasteiger partial charge < -0.3 is 9.63 Å². The molecular formula is C13H11BrF2N2O3. The van der Waals surface area contributed by atoms with Crippen molar-refractivity contribution < 1.29 is 23.2 Å². The van der Waals surface area contributed by atoms with Gasteiger partial charge in [-0.25, -0.2) is 8.78 Å². The van der Waals surface area contributed by atoms with Crippen molar-refractivity contribution >= 4 is 21.9 Å². The topological polar surface area (TPSA) is 76.2 Å². The molecule has 0 spiro atoms. The van der Waals surface area contributed by atoms with E-state index in [4.69, 9.17) is 9.63 Å². The van der Waals surface area contributed by atoms with Crippen molar-refractivity contribution in [1.29, 1.82) is 0 Å². The maximum atomic E-state index is 13.5. The monoisotopic (exact) mass is 360 g/mol. The summed E-state index contributed by atoms with van der Waals surface area (Å²) < 4.78 is 31.4. The van der Waals surface area contributed by atoms with E-state index in [1.54, 1.807) is 6.92 Å². The molecular weight excluding hydrogens is 350 g/mol. The minimum atomic E-state index is -1.03. The summed E-state index contributed by atoms with van der Waals surface area (Å²) in [6.45, 7) is 1.74. The van der Waals surface area contributed by atoms with Crippen LogP contribution in [0.3, 0.4) is 0 Å². The van der Waals surface area contributed by atoms with Crippen molar-refractivity contribution in [2.45, 2.75) is 19.8 Å². The van der Waals surface area contributed by atoms with Crippen LogP contribution in [0.25, 0.3) is 11.4 Å². The summed E-state index contributed by atoms with van der Waals surface area (Å²) in [7, 11) is 0. The van der Waals surface area contributed by atoms with Crippen molar-refractivity contribution in [3.63, 3.8) is 0 Å². The van der Waals surface area contributed by atoms with E-state index in [-0.39, 0.29) is 34.1 Å². The van der Waals surface area contributed by atoms with Gasteiger partial charge in [-0.2, -0.15) is 4.98 Å². The second kappa shape index (κ2) is 6.30. The van der Waals surface area contributed by atoms with Crippen molar-refractivity contribution in [2.75, 3.05) is 0 Å². The van der Waals surface area contributed by atoms with E-state index in [9.17, 15) is 13.6 Å². The number of aromatic nitrogens is 2. The van der Waals surface area contributed by atoms with Gasteiger partial charge in [-0.05, 0) is 34.0 Å². The SMILES string of the molecule is CC(CC(=O)O)Cc1nc(-c2ccc(F)c(F)c2Br)no1. The molecule has 1 heterocycles. The van der Waals surface area contributed by atoms with E-state index in [0.717, 1.165) is 6.07 Å². The summed E-state index contributed by atoms with van der Waals surface area (Å²) in [6.07, 6.45) is 0.271. The number of halogens is 3. The Bertz CT molecular complexity index is 675. The average Bonchev–Trinajstić information content (AvgIpc) is 2.83. The molecule has 2 rings (SSSR count). The number of nitrogens with zero attached hydrogens (tertiary/aromatic N) is 2. The van der Waals surface area contributed by atoms with Crippen LogP contribution in [-0.4, -0.2) is 21.2 Å². The third kappa shape index (κ3) is 3.63. The highest BCUT2D eigenvalue weighted by Crippen LogP contribution is 2.30. The molecule has 1 aromatic carbocycles. The fraction of sp³-hybridized carbons (Fsp3) is 0.308. The Morgan fingerprint density at radius 3 is 2.86 bits per heavy atom. The summed E-state index contributed by atoms with van der Waals surface area (Å²) >= 11 is 2.95. The Labute approximate surface area is 127 Å². The van der Waals surface area contributed by atoms with Crippen molar-refractivity contribution in [1.82, 2.24) is 10.1 Å². The Balaban J connectivity index is 2.20. The van der Waals surface area contributed by atoms with Gasteiger partial charge in [0.2, 0.25) is 11.7 Å². The number of rotatable bonds is 5. The summed E-state index contributed by atoms with van der Waals surface area (Å²) in [4.78, 5) is 14.7. The van der Waals surface area contributed by atoms with Crippen LogP contribution in [-0.2, 0) is 11.2 Å². The molecule has 21 heavy (non-hydrogen) atoms. The fourth-order valence-electron chi connectivity index (χ4n) is 1.81. The van der Waals surface area contributed by atoms with E-state index >= 15 is 0 Å². The fourth-order valence-corrected chi connectivity index (χ4v) is 2.31. The molecule has 0 aliphatic heterocycles. The molecule has 0 fully saturated rings. The van der Waals surface area contributed by atoms with Crippen LogP contribution in [0.1, 0.15) is 19.2 Å². The number of carboxylic acid groups (broad SMARTS) is 1. The quantitative estimate of drug-likeness (QED) is 0.826. The van der Waals surface area contributed by atoms with Gasteiger partial charge >= 0.3 is 5.97 Å². The number of benzene rings is 1. The molecule has 0 aliphatic carbocycles. The molecule has 1 unspecified atom stereocenters. The van der Waals surface area contributed by atoms with Gasteiger partial charge in [-0.15, -0.1) is 0 Å². The molecule has 0 radical (unpaired) electrons. The first-order valence-electron chi connectivity index (χ1n) is 6.06. The van der Waals surface area contributed by atoms with Gasteiger partial charge in [0.05, 0.1) is 4.47 Å². The average molecular weight is 361 g/mol. The van der Waals surface area contributed by atoms with Gasteiger partial charge in [0.1, 0.15) is 0 Å². The molecule has 0 bridgehead atoms. The Kier molecular flexibility index (Phi) is 4.66. The first-order valence-corrected chi connectivity index (χ1v) is 6.86. The van der Waals surface area contributed by atoms with Crippen molar-refractivity contribution in [3.05, 3.63) is 34.1 Å². The van der Waals surface area contributed by atoms with E-state index in [1.165, 1.54) is 6.07 Å². The van der Waals surface area contributed by atoms with Gasteiger partial charge in [0.25, 0.3) is 0 Å². The lowest BCUT2D eigenvalue weighted by Gasteiger charge is -2.03. The normalized spacial score (nSPS) is 12.4. The van der Waals surface area contributed by atoms with E-state index in [1.807, 2.05) is 0 Å². The zero-order valence-electron chi connectivity index (χ0n) is 10.9. The molecule has 112 valence electrons. The summed E-state index contributed by atoms with van der Waals surface area (Å²) in [6, 6.07) is 2.30. The number of hydrogen-bond donors (Lipinski definition) is 1. The Hall–Kier alpha value is -1.83. The Morgan fingerprint density at radius 1 is 1.48 bits per heavy atom. The van der Waals surface area contributed by atoms with Crippen LogP contribution >= 0.6 is 15.9 Å². The summed E-state index contributed by atoms with van der Waals surface area (Å²) in [5, 5.41) is 12.4. The highest BCUT2D eigenvalue weighted by molar-refractivity contribution is 9.10. The molecule has 0 saturated carbocycles. The van der Waals surface area contributed by atoms with Gasteiger partial charge in [-0.1, -0.05) is 12.1 Å². The molecule has 0 saturated heterocycles. The highest BCUT2D eigenvalue weighted by Gasteiger charge is 2.18. The zero-order valence-corrected chi connectivity index (χ0v) is 12.5. The molecule has 0 aliphatic rings. The number of hydrogen-bond acceptors (Lipinski definition) is 4. The van der Waals surface area contributed by atoms with E-state index in [2.05, 4.69) is 26.1 Å². The zero-order chi connectivity index (χ0) is 15.6. The largest absolute Gasteiger partial charge is 0.481 e. The maximum absolute atomic E-state index is 13.5. The second-order valence-electron chi connectivity index (χ2n) is 4.64. The van der Waals surface area contributed by atoms with Gasteiger partial charge in [0, 0.05) is 18.4 Å². The smallest absolute Gasteiger partial charge is 0.303 e. The van der Waals surface area contributed by atoms with E-state index < -0.39 is 17.6 Å². The molecule has 1 atom stereocenters. The maximum Gasteiger partial charge on any atom is 0.303 e. The lowest BCUT2D eigenvalue weighted by atomic mass is 10.0. The van der Waals surface area contributed by atoms with Crippen LogP contribution in [0.4, 0.5) is 8.78 Å². The number of aliphatic carboxylic acids is 1. The molecule has 1 N–H and O–H groups in total. The second-order valence-corrected chi connectivity index (χ2v) is 5.43. The van der Waals surface area contributed by atoms with Crippen LogP contribution < -0.4 is 0 Å². The highest BCUT2D eigenvalue weighted by atomic mass is 79.9. The van der Waals surface area contributed by atoms with Gasteiger partial charge in [0.15, 0.2) is 11.6 Å². The minimum Gasteiger partial charge on any atom is -0.481 e. The van der Waals surface area contributed by atoms with Crippen molar-refractivity contribution in [3.8, 4) is 11.4 Å². The standard InChI is InChI=1S/C13H11BrF2N2O3/c1-6(5-10(19)20)4-9-17-13(18-21-9)7-2-3-8(15)12(16)11(7)14/h2-3,6H,4-5H2,1H3,(H,19,20). The summed E-state index contributed by atoms with van der Waals surface area (Å²) in [5.74, 6) is -2.74. The van der Waals surface area contributed by atoms with Crippen LogP contribution in [0.2, 0.25) is 0 Å².